The second-order valence-electron chi connectivity index (χ2n) is 16.8. The Balaban J connectivity index is 1.60. The number of Topliss-reactive ketones (excluding diaryl/α,β-unsaturated/α-hetero) is 1. The van der Waals surface area contributed by atoms with Crippen LogP contribution in [0.3, 0.4) is 0 Å². The van der Waals surface area contributed by atoms with E-state index >= 15 is 0 Å². The Morgan fingerprint density at radius 1 is 0.966 bits per heavy atom. The van der Waals surface area contributed by atoms with Gasteiger partial charge in [-0.3, -0.25) is 14.4 Å². The normalized spacial score (nSPS) is 30.7. The molecule has 2 aliphatic heterocycles. The van der Waals surface area contributed by atoms with E-state index in [1.54, 1.807) is 76.6 Å². The minimum Gasteiger partial charge on any atom is -0.505 e. The fourth-order valence-electron chi connectivity index (χ4n) is 8.41. The third kappa shape index (κ3) is 7.59. The second kappa shape index (κ2) is 16.6. The monoisotopic (exact) mass is 811 g/mol. The molecule has 9 atom stereocenters. The summed E-state index contributed by atoms with van der Waals surface area (Å²) in [6.45, 7) is 15.6. The summed E-state index contributed by atoms with van der Waals surface area (Å²) in [7, 11) is 3.27. The number of ether oxygens (including phenoxy) is 3. The van der Waals surface area contributed by atoms with Gasteiger partial charge in [-0.05, 0) is 37.5 Å². The lowest BCUT2D eigenvalue weighted by Gasteiger charge is -2.36. The fourth-order valence-corrected chi connectivity index (χ4v) is 8.41. The number of allylic oxidation sites excluding steroid dienone is 2. The van der Waals surface area contributed by atoms with Gasteiger partial charge >= 0.3 is 0 Å². The molecule has 5 N–H and O–H groups in total. The van der Waals surface area contributed by atoms with Gasteiger partial charge in [0.2, 0.25) is 5.78 Å². The summed E-state index contributed by atoms with van der Waals surface area (Å²) in [6, 6.07) is 5.80. The molecule has 2 aliphatic rings. The lowest BCUT2D eigenvalue weighted by molar-refractivity contribution is -0.118. The number of fused-ring (bicyclic) bond motifs is 2. The number of methoxy groups -OCH3 is 1. The number of carbonyl (C=O) groups excluding carboxylic acids is 2. The van der Waals surface area contributed by atoms with Gasteiger partial charge in [-0.1, -0.05) is 78.0 Å². The van der Waals surface area contributed by atoms with Crippen molar-refractivity contribution in [3.63, 3.8) is 0 Å². The minimum absolute atomic E-state index is 0.0100. The highest BCUT2D eigenvalue weighted by atomic mass is 16.7. The van der Waals surface area contributed by atoms with Crippen LogP contribution >= 0.6 is 0 Å². The van der Waals surface area contributed by atoms with Crippen molar-refractivity contribution in [2.45, 2.75) is 98.4 Å². The Morgan fingerprint density at radius 3 is 2.29 bits per heavy atom. The number of ketones is 1. The number of hydrogen-bond donors (Lipinski definition) is 5. The summed E-state index contributed by atoms with van der Waals surface area (Å²) in [6.07, 6.45) is 4.53. The number of aromatic nitrogens is 2. The molecule has 1 amide bonds. The predicted octanol–water partition coefficient (Wildman–Crippen LogP) is 6.34. The number of nitrogens with zero attached hydrogens (tertiary/aromatic N) is 2. The van der Waals surface area contributed by atoms with Crippen molar-refractivity contribution in [2.24, 2.45) is 30.7 Å². The second-order valence-corrected chi connectivity index (χ2v) is 16.8. The van der Waals surface area contributed by atoms with Crippen molar-refractivity contribution in [3.8, 4) is 11.5 Å². The van der Waals surface area contributed by atoms with Crippen LogP contribution in [0.1, 0.15) is 82.8 Å². The first-order valence-corrected chi connectivity index (χ1v) is 20.2. The van der Waals surface area contributed by atoms with Crippen molar-refractivity contribution >= 4 is 50.2 Å². The molecule has 0 saturated carbocycles. The van der Waals surface area contributed by atoms with E-state index in [4.69, 9.17) is 19.2 Å². The molecule has 0 fully saturated rings. The molecule has 0 radical (unpaired) electrons. The van der Waals surface area contributed by atoms with Gasteiger partial charge in [0, 0.05) is 61.3 Å². The number of anilines is 1. The van der Waals surface area contributed by atoms with E-state index in [9.17, 15) is 34.8 Å². The van der Waals surface area contributed by atoms with E-state index < -0.39 is 76.7 Å². The lowest BCUT2D eigenvalue weighted by atomic mass is 9.78. The summed E-state index contributed by atoms with van der Waals surface area (Å²) < 4.78 is 19.8. The molecule has 59 heavy (non-hydrogen) atoms. The largest absolute Gasteiger partial charge is 0.505 e. The Morgan fingerprint density at radius 2 is 1.63 bits per heavy atom. The maximum absolute atomic E-state index is 14.6. The molecular weight excluding hydrogens is 755 g/mol. The molecule has 0 saturated heterocycles. The summed E-state index contributed by atoms with van der Waals surface area (Å²) in [4.78, 5) is 47.9. The Kier molecular flexibility index (Phi) is 12.3. The maximum atomic E-state index is 14.6. The zero-order valence-corrected chi connectivity index (χ0v) is 35.7. The topological polar surface area (TPSA) is 190 Å². The predicted molar refractivity (Wildman–Crippen MR) is 228 cm³/mol. The molecule has 13 nitrogen and oxygen atoms in total. The van der Waals surface area contributed by atoms with Crippen LogP contribution in [0.4, 0.5) is 5.69 Å². The number of benzene rings is 3. The summed E-state index contributed by atoms with van der Waals surface area (Å²) in [5.41, 5.74) is 2.36. The first kappa shape index (κ1) is 43.7. The number of rotatable bonds is 2. The van der Waals surface area contributed by atoms with Crippen LogP contribution in [0.25, 0.3) is 32.8 Å². The first-order chi connectivity index (χ1) is 27.7. The molecule has 3 aromatic carbocycles. The zero-order chi connectivity index (χ0) is 43.4. The third-order valence-electron chi connectivity index (χ3n) is 12.5. The number of phenols is 1. The average Bonchev–Trinajstić information content (AvgIpc) is 3.47. The van der Waals surface area contributed by atoms with Crippen LogP contribution in [0.5, 0.6) is 11.5 Å². The van der Waals surface area contributed by atoms with Crippen LogP contribution in [-0.2, 0) is 21.3 Å². The Hall–Kier alpha value is -4.92. The standard InChI is InChI=1S/C46H57N3O10/c1-21(2)28-17-18-29-30(20-28)49(10)37-35(47-29)32-33-41(53)27(8)43-34(32)44(55)46(9,59-43)58-19-13-16-31(57-11)24(5)39(51)26(7)40(52)25(6)38(50)22(3)14-12-15-23(4)45(56)48-36(37)42(33)54/h12-18,20-22,24-26,31,38-40,50-52,54H,19H2,1-11H3,(H,48,56)/b14-12+,16-13+,23-15-/t22-,24+,25+,26-,31-,38-,39+,40+,46-/m0/s1. The SMILES string of the molecule is CO[C@H]1/C=C/CO[C@@]2(C)Oc3c(C)c(=O)c4c(O)c(c5c(nc6ccc(C(C)C)cc6n5C)c4c3C2=O)NC(=O)/C(C)=C\C=C\[C@H](C)[C@H](O)[C@@H](C)[C@@H](O)[C@@H](C)[C@H](O)[C@@H]1C. The molecule has 0 spiro atoms. The number of hydrogen-bond acceptors (Lipinski definition) is 11. The van der Waals surface area contributed by atoms with E-state index in [-0.39, 0.29) is 62.5 Å². The molecule has 4 bridgehead atoms. The molecule has 3 heterocycles. The molecule has 4 aromatic rings. The van der Waals surface area contributed by atoms with E-state index in [0.717, 1.165) is 5.56 Å². The quantitative estimate of drug-likeness (QED) is 0.0658. The summed E-state index contributed by atoms with van der Waals surface area (Å²) in [5.74, 6) is -5.65. The number of nitrogens with one attached hydrogen (secondary N) is 1. The number of aliphatic hydroxyl groups excluding tert-OH is 3. The van der Waals surface area contributed by atoms with Gasteiger partial charge in [0.1, 0.15) is 11.4 Å². The molecule has 0 aliphatic carbocycles. The molecule has 0 unspecified atom stereocenters. The highest BCUT2D eigenvalue weighted by molar-refractivity contribution is 6.27. The van der Waals surface area contributed by atoms with Gasteiger partial charge in [-0.15, -0.1) is 0 Å². The number of aromatic hydroxyl groups is 1. The van der Waals surface area contributed by atoms with E-state index in [1.165, 1.54) is 21.0 Å². The third-order valence-corrected chi connectivity index (χ3v) is 12.5. The number of amides is 1. The van der Waals surface area contributed by atoms with Gasteiger partial charge < -0.3 is 44.5 Å². The van der Waals surface area contributed by atoms with Crippen LogP contribution in [-0.4, -0.2) is 85.6 Å². The first-order valence-electron chi connectivity index (χ1n) is 20.2. The molecule has 6 rings (SSSR count). The van der Waals surface area contributed by atoms with Crippen LogP contribution < -0.4 is 15.5 Å². The zero-order valence-electron chi connectivity index (χ0n) is 35.7. The molecular formula is C46H57N3O10. The average molecular weight is 812 g/mol. The number of carbonyl (C=O) groups is 2. The smallest absolute Gasteiger partial charge is 0.272 e. The van der Waals surface area contributed by atoms with E-state index in [1.807, 2.05) is 18.2 Å². The van der Waals surface area contributed by atoms with Crippen LogP contribution in [0.15, 0.2) is 58.9 Å². The van der Waals surface area contributed by atoms with Gasteiger partial charge in [-0.2, -0.15) is 0 Å². The fraction of sp³-hybridized carbons (Fsp3) is 0.478. The van der Waals surface area contributed by atoms with Crippen molar-refractivity contribution < 1.29 is 44.2 Å². The lowest BCUT2D eigenvalue weighted by Crippen LogP contribution is -2.44. The maximum Gasteiger partial charge on any atom is 0.272 e. The summed E-state index contributed by atoms with van der Waals surface area (Å²) in [5, 5.41) is 48.8. The van der Waals surface area contributed by atoms with Crippen LogP contribution in [0, 0.1) is 30.6 Å². The van der Waals surface area contributed by atoms with Gasteiger partial charge in [-0.25, -0.2) is 4.98 Å². The number of phenolic OH excluding ortho intramolecular Hbond substituents is 1. The highest BCUT2D eigenvalue weighted by Gasteiger charge is 2.49. The van der Waals surface area contributed by atoms with E-state index in [2.05, 4.69) is 19.2 Å². The van der Waals surface area contributed by atoms with Gasteiger partial charge in [0.05, 0.1) is 64.0 Å². The Bertz CT molecular complexity index is 2480. The molecule has 1 aromatic heterocycles. The van der Waals surface area contributed by atoms with E-state index in [0.29, 0.717) is 11.0 Å². The van der Waals surface area contributed by atoms with Crippen molar-refractivity contribution in [2.75, 3.05) is 19.0 Å². The van der Waals surface area contributed by atoms with Gasteiger partial charge in [0.25, 0.3) is 11.7 Å². The van der Waals surface area contributed by atoms with Crippen LogP contribution in [0.2, 0.25) is 0 Å². The molecule has 316 valence electrons. The van der Waals surface area contributed by atoms with Crippen molar-refractivity contribution in [3.05, 3.63) is 81.1 Å². The number of aryl methyl sites for hydroxylation is 1. The van der Waals surface area contributed by atoms with Gasteiger partial charge in [0.15, 0.2) is 11.2 Å². The van der Waals surface area contributed by atoms with Crippen molar-refractivity contribution in [1.29, 1.82) is 0 Å². The highest BCUT2D eigenvalue weighted by Crippen LogP contribution is 2.48. The summed E-state index contributed by atoms with van der Waals surface area (Å²) >= 11 is 0. The minimum atomic E-state index is -1.89. The van der Waals surface area contributed by atoms with Crippen molar-refractivity contribution in [1.82, 2.24) is 9.55 Å². The number of aliphatic hydroxyl groups is 3. The molecule has 13 heteroatoms. The Labute approximate surface area is 344 Å².